The number of carbonyl (C=O) groups excluding carboxylic acids is 1. The number of nitrogens with zero attached hydrogens (tertiary/aromatic N) is 6. The molecule has 2 atom stereocenters. The zero-order valence-corrected chi connectivity index (χ0v) is 18.6. The van der Waals surface area contributed by atoms with Gasteiger partial charge in [-0.25, -0.2) is 4.79 Å². The Bertz CT molecular complexity index is 1110. The fourth-order valence-corrected chi connectivity index (χ4v) is 4.04. The molecule has 10 heteroatoms. The lowest BCUT2D eigenvalue weighted by molar-refractivity contribution is 0.0299. The van der Waals surface area contributed by atoms with Crippen molar-refractivity contribution in [3.63, 3.8) is 0 Å². The quantitative estimate of drug-likeness (QED) is 0.616. The maximum Gasteiger partial charge on any atom is 0.323 e. The number of ether oxygens (including phenoxy) is 1. The molecular weight excluding hydrogens is 420 g/mol. The predicted octanol–water partition coefficient (Wildman–Crippen LogP) is 3.01. The van der Waals surface area contributed by atoms with E-state index < -0.39 is 0 Å². The van der Waals surface area contributed by atoms with Crippen LogP contribution in [0.5, 0.6) is 0 Å². The standard InChI is InChI=1S/C23H26N8O2/c1-30(2)21-27-20(28-22(29-21)31-13-18-9-10-19(14-31)33-18)15-5-7-16(8-6-15)25-23(32)26-17-4-3-11-24-12-17/h3-8,11-12,18-19H,9-10,13-14H2,1-2H3,(H2,25,26,32). The van der Waals surface area contributed by atoms with Crippen molar-refractivity contribution in [3.05, 3.63) is 48.8 Å². The summed E-state index contributed by atoms with van der Waals surface area (Å²) in [6.07, 6.45) is 5.90. The van der Waals surface area contributed by atoms with Crippen molar-refractivity contribution in [2.24, 2.45) is 0 Å². The molecule has 10 nitrogen and oxygen atoms in total. The van der Waals surface area contributed by atoms with Crippen molar-refractivity contribution >= 4 is 29.3 Å². The lowest BCUT2D eigenvalue weighted by Crippen LogP contribution is -2.43. The van der Waals surface area contributed by atoms with Crippen molar-refractivity contribution in [3.8, 4) is 11.4 Å². The second-order valence-electron chi connectivity index (χ2n) is 8.41. The largest absolute Gasteiger partial charge is 0.371 e. The maximum absolute atomic E-state index is 12.2. The Morgan fingerprint density at radius 2 is 1.73 bits per heavy atom. The number of anilines is 4. The number of hydrogen-bond donors (Lipinski definition) is 2. The number of aromatic nitrogens is 4. The summed E-state index contributed by atoms with van der Waals surface area (Å²) < 4.78 is 5.96. The van der Waals surface area contributed by atoms with Gasteiger partial charge < -0.3 is 25.2 Å². The highest BCUT2D eigenvalue weighted by Crippen LogP contribution is 2.30. The number of pyridine rings is 1. The summed E-state index contributed by atoms with van der Waals surface area (Å²) >= 11 is 0. The summed E-state index contributed by atoms with van der Waals surface area (Å²) in [7, 11) is 3.83. The second-order valence-corrected chi connectivity index (χ2v) is 8.41. The van der Waals surface area contributed by atoms with Crippen LogP contribution in [0.4, 0.5) is 28.1 Å². The molecule has 4 heterocycles. The van der Waals surface area contributed by atoms with Gasteiger partial charge in [-0.15, -0.1) is 0 Å². The zero-order valence-electron chi connectivity index (χ0n) is 18.6. The fraction of sp³-hybridized carbons (Fsp3) is 0.348. The van der Waals surface area contributed by atoms with Crippen LogP contribution in [0.2, 0.25) is 0 Å². The molecule has 2 fully saturated rings. The maximum atomic E-state index is 12.2. The van der Waals surface area contributed by atoms with E-state index in [2.05, 4.69) is 30.5 Å². The molecular formula is C23H26N8O2. The van der Waals surface area contributed by atoms with Crippen LogP contribution >= 0.6 is 0 Å². The molecule has 1 aromatic carbocycles. The summed E-state index contributed by atoms with van der Waals surface area (Å²) in [6, 6.07) is 10.6. The number of hydrogen-bond acceptors (Lipinski definition) is 8. The van der Waals surface area contributed by atoms with Gasteiger partial charge in [0.1, 0.15) is 0 Å². The molecule has 2 unspecified atom stereocenters. The van der Waals surface area contributed by atoms with Gasteiger partial charge in [0.25, 0.3) is 0 Å². The van der Waals surface area contributed by atoms with Gasteiger partial charge in [-0.2, -0.15) is 15.0 Å². The van der Waals surface area contributed by atoms with E-state index >= 15 is 0 Å². The van der Waals surface area contributed by atoms with Crippen molar-refractivity contribution in [2.45, 2.75) is 25.0 Å². The number of amides is 2. The van der Waals surface area contributed by atoms with E-state index in [0.717, 1.165) is 31.5 Å². The van der Waals surface area contributed by atoms with Crippen LogP contribution in [-0.2, 0) is 4.74 Å². The topological polar surface area (TPSA) is 108 Å². The smallest absolute Gasteiger partial charge is 0.323 e. The van der Waals surface area contributed by atoms with Crippen LogP contribution in [0, 0.1) is 0 Å². The Morgan fingerprint density at radius 3 is 2.39 bits per heavy atom. The Hall–Kier alpha value is -3.79. The van der Waals surface area contributed by atoms with Gasteiger partial charge in [-0.05, 0) is 49.2 Å². The first-order valence-electron chi connectivity index (χ1n) is 11.0. The van der Waals surface area contributed by atoms with Crippen LogP contribution in [0.1, 0.15) is 12.8 Å². The number of morpholine rings is 1. The monoisotopic (exact) mass is 446 g/mol. The number of nitrogens with one attached hydrogen (secondary N) is 2. The minimum absolute atomic E-state index is 0.245. The highest BCUT2D eigenvalue weighted by atomic mass is 16.5. The third-order valence-electron chi connectivity index (χ3n) is 5.66. The first-order chi connectivity index (χ1) is 16.0. The molecule has 170 valence electrons. The van der Waals surface area contributed by atoms with Crippen LogP contribution in [0.3, 0.4) is 0 Å². The van der Waals surface area contributed by atoms with Crippen molar-refractivity contribution < 1.29 is 9.53 Å². The van der Waals surface area contributed by atoms with E-state index in [-0.39, 0.29) is 18.2 Å². The molecule has 3 aromatic rings. The van der Waals surface area contributed by atoms with Crippen LogP contribution in [-0.4, -0.2) is 65.4 Å². The lowest BCUT2D eigenvalue weighted by atomic mass is 10.2. The minimum atomic E-state index is -0.338. The lowest BCUT2D eigenvalue weighted by Gasteiger charge is -2.32. The number of carbonyl (C=O) groups is 1. The third kappa shape index (κ3) is 4.85. The normalized spacial score (nSPS) is 19.3. The van der Waals surface area contributed by atoms with Crippen LogP contribution in [0.15, 0.2) is 48.8 Å². The summed E-state index contributed by atoms with van der Waals surface area (Å²) in [5, 5.41) is 5.56. The number of fused-ring (bicyclic) bond motifs is 2. The Morgan fingerprint density at radius 1 is 1.00 bits per heavy atom. The molecule has 0 saturated carbocycles. The summed E-state index contributed by atoms with van der Waals surface area (Å²) in [5.41, 5.74) is 2.13. The average molecular weight is 447 g/mol. The number of benzene rings is 1. The SMILES string of the molecule is CN(C)c1nc(-c2ccc(NC(=O)Nc3cccnc3)cc2)nc(N2CC3CCC(C2)O3)n1. The molecule has 33 heavy (non-hydrogen) atoms. The zero-order chi connectivity index (χ0) is 22.8. The van der Waals surface area contributed by atoms with Crippen molar-refractivity contribution in [2.75, 3.05) is 47.6 Å². The Labute approximate surface area is 192 Å². The van der Waals surface area contributed by atoms with Gasteiger partial charge in [0.2, 0.25) is 11.9 Å². The summed E-state index contributed by atoms with van der Waals surface area (Å²) in [4.78, 5) is 34.4. The molecule has 2 aliphatic heterocycles. The first kappa shape index (κ1) is 21.1. The Balaban J connectivity index is 1.34. The molecule has 2 aliphatic rings. The van der Waals surface area contributed by atoms with E-state index in [4.69, 9.17) is 9.72 Å². The second kappa shape index (κ2) is 8.99. The van der Waals surface area contributed by atoms with Crippen LogP contribution < -0.4 is 20.4 Å². The summed E-state index contributed by atoms with van der Waals surface area (Å²) in [5.74, 6) is 1.86. The molecule has 2 aromatic heterocycles. The molecule has 2 amide bonds. The van der Waals surface area contributed by atoms with Gasteiger partial charge in [0.15, 0.2) is 5.82 Å². The highest BCUT2D eigenvalue weighted by molar-refractivity contribution is 5.99. The van der Waals surface area contributed by atoms with Crippen molar-refractivity contribution in [1.29, 1.82) is 0 Å². The summed E-state index contributed by atoms with van der Waals surface area (Å²) in [6.45, 7) is 1.59. The fourth-order valence-electron chi connectivity index (χ4n) is 4.04. The molecule has 2 saturated heterocycles. The van der Waals surface area contributed by atoms with Crippen molar-refractivity contribution in [1.82, 2.24) is 19.9 Å². The predicted molar refractivity (Wildman–Crippen MR) is 127 cm³/mol. The third-order valence-corrected chi connectivity index (χ3v) is 5.66. The van der Waals surface area contributed by atoms with E-state index in [1.807, 2.05) is 43.3 Å². The van der Waals surface area contributed by atoms with E-state index in [9.17, 15) is 4.79 Å². The number of rotatable bonds is 5. The average Bonchev–Trinajstić information content (AvgIpc) is 3.17. The molecule has 0 aliphatic carbocycles. The molecule has 0 radical (unpaired) electrons. The Kier molecular flexibility index (Phi) is 5.74. The van der Waals surface area contributed by atoms with Gasteiger partial charge in [-0.3, -0.25) is 4.98 Å². The van der Waals surface area contributed by atoms with Crippen LogP contribution in [0.25, 0.3) is 11.4 Å². The van der Waals surface area contributed by atoms with Gasteiger partial charge in [0.05, 0.1) is 24.1 Å². The molecule has 2 N–H and O–H groups in total. The minimum Gasteiger partial charge on any atom is -0.371 e. The molecule has 5 rings (SSSR count). The molecule has 0 spiro atoms. The number of urea groups is 1. The van der Waals surface area contributed by atoms with Gasteiger partial charge in [-0.1, -0.05) is 0 Å². The van der Waals surface area contributed by atoms with E-state index in [1.54, 1.807) is 24.5 Å². The molecule has 2 bridgehead atoms. The van der Waals surface area contributed by atoms with Gasteiger partial charge >= 0.3 is 6.03 Å². The van der Waals surface area contributed by atoms with E-state index in [1.165, 1.54) is 0 Å². The highest BCUT2D eigenvalue weighted by Gasteiger charge is 2.35. The van der Waals surface area contributed by atoms with Gasteiger partial charge in [0, 0.05) is 44.6 Å². The first-order valence-corrected chi connectivity index (χ1v) is 11.0. The van der Waals surface area contributed by atoms with E-state index in [0.29, 0.717) is 29.1 Å².